The molecule has 0 unspecified atom stereocenters. The van der Waals surface area contributed by atoms with Crippen molar-refractivity contribution in [3.63, 3.8) is 0 Å². The number of nitrogens with zero attached hydrogens (tertiary/aromatic N) is 2. The van der Waals surface area contributed by atoms with Gasteiger partial charge in [0.25, 0.3) is 0 Å². The van der Waals surface area contributed by atoms with E-state index in [0.717, 1.165) is 22.4 Å². The van der Waals surface area contributed by atoms with Gasteiger partial charge >= 0.3 is 6.03 Å². The molecule has 0 saturated carbocycles. The van der Waals surface area contributed by atoms with Crippen LogP contribution in [-0.2, 0) is 13.1 Å². The molecular formula is C23H26BrN3O. The van der Waals surface area contributed by atoms with Gasteiger partial charge in [0.05, 0.1) is 6.54 Å². The highest BCUT2D eigenvalue weighted by atomic mass is 79.9. The zero-order chi connectivity index (χ0) is 19.9. The van der Waals surface area contributed by atoms with Crippen molar-refractivity contribution in [1.82, 2.24) is 9.47 Å². The highest BCUT2D eigenvalue weighted by Gasteiger charge is 2.17. The third-order valence-electron chi connectivity index (χ3n) is 4.44. The Labute approximate surface area is 175 Å². The van der Waals surface area contributed by atoms with Gasteiger partial charge < -0.3 is 14.8 Å². The van der Waals surface area contributed by atoms with Crippen molar-refractivity contribution in [3.05, 3.63) is 88.7 Å². The number of anilines is 1. The number of hydrogen-bond donors (Lipinski definition) is 1. The van der Waals surface area contributed by atoms with E-state index in [0.29, 0.717) is 19.0 Å². The molecule has 1 heterocycles. The first-order chi connectivity index (χ1) is 13.5. The minimum Gasteiger partial charge on any atom is -0.345 e. The molecule has 2 aromatic carbocycles. The van der Waals surface area contributed by atoms with Crippen LogP contribution < -0.4 is 5.32 Å². The molecule has 0 fully saturated rings. The van der Waals surface area contributed by atoms with Crippen molar-refractivity contribution >= 4 is 27.6 Å². The topological polar surface area (TPSA) is 37.3 Å². The number of halogens is 1. The summed E-state index contributed by atoms with van der Waals surface area (Å²) in [5.74, 6) is 0.383. The van der Waals surface area contributed by atoms with Crippen molar-refractivity contribution in [3.8, 4) is 0 Å². The number of aromatic nitrogens is 1. The lowest BCUT2D eigenvalue weighted by molar-refractivity contribution is 0.200. The second-order valence-corrected chi connectivity index (χ2v) is 8.24. The lowest BCUT2D eigenvalue weighted by atomic mass is 10.2. The number of carbonyl (C=O) groups is 1. The minimum atomic E-state index is -0.0801. The Morgan fingerprint density at radius 3 is 2.43 bits per heavy atom. The molecule has 0 aliphatic carbocycles. The van der Waals surface area contributed by atoms with Gasteiger partial charge in [-0.3, -0.25) is 0 Å². The molecule has 2 amide bonds. The molecule has 1 aromatic heterocycles. The Morgan fingerprint density at radius 1 is 1.04 bits per heavy atom. The van der Waals surface area contributed by atoms with E-state index in [9.17, 15) is 4.79 Å². The zero-order valence-electron chi connectivity index (χ0n) is 16.3. The second-order valence-electron chi connectivity index (χ2n) is 7.32. The van der Waals surface area contributed by atoms with Crippen molar-refractivity contribution in [2.45, 2.75) is 26.9 Å². The maximum Gasteiger partial charge on any atom is 0.322 e. The van der Waals surface area contributed by atoms with Crippen molar-refractivity contribution < 1.29 is 4.79 Å². The summed E-state index contributed by atoms with van der Waals surface area (Å²) < 4.78 is 3.19. The van der Waals surface area contributed by atoms with Crippen LogP contribution in [0.1, 0.15) is 25.1 Å². The summed E-state index contributed by atoms with van der Waals surface area (Å²) in [4.78, 5) is 14.8. The largest absolute Gasteiger partial charge is 0.345 e. The van der Waals surface area contributed by atoms with Gasteiger partial charge in [0.15, 0.2) is 0 Å². The van der Waals surface area contributed by atoms with E-state index < -0.39 is 0 Å². The summed E-state index contributed by atoms with van der Waals surface area (Å²) in [6.07, 6.45) is 2.07. The predicted octanol–water partition coefficient (Wildman–Crippen LogP) is 5.99. The van der Waals surface area contributed by atoms with Gasteiger partial charge in [-0.25, -0.2) is 4.79 Å². The Balaban J connectivity index is 1.73. The summed E-state index contributed by atoms with van der Waals surface area (Å²) in [5, 5.41) is 3.01. The van der Waals surface area contributed by atoms with Crippen LogP contribution in [0.25, 0.3) is 0 Å². The monoisotopic (exact) mass is 439 g/mol. The average Bonchev–Trinajstić information content (AvgIpc) is 3.10. The number of amides is 2. The molecule has 1 N–H and O–H groups in total. The Hall–Kier alpha value is -2.53. The van der Waals surface area contributed by atoms with Crippen LogP contribution in [0.15, 0.2) is 77.4 Å². The number of rotatable bonds is 7. The molecule has 0 saturated heterocycles. The van der Waals surface area contributed by atoms with Crippen LogP contribution in [0.3, 0.4) is 0 Å². The smallest absolute Gasteiger partial charge is 0.322 e. The van der Waals surface area contributed by atoms with Gasteiger partial charge in [0.1, 0.15) is 0 Å². The van der Waals surface area contributed by atoms with E-state index in [2.05, 4.69) is 76.2 Å². The quantitative estimate of drug-likeness (QED) is 0.482. The van der Waals surface area contributed by atoms with Crippen molar-refractivity contribution in [2.75, 3.05) is 11.9 Å². The maximum atomic E-state index is 12.9. The van der Waals surface area contributed by atoms with Crippen molar-refractivity contribution in [2.24, 2.45) is 5.92 Å². The third kappa shape index (κ3) is 5.73. The summed E-state index contributed by atoms with van der Waals surface area (Å²) in [5.41, 5.74) is 3.16. The Bertz CT molecular complexity index is 888. The van der Waals surface area contributed by atoms with E-state index in [1.165, 1.54) is 5.56 Å². The number of benzene rings is 2. The zero-order valence-corrected chi connectivity index (χ0v) is 17.9. The summed E-state index contributed by atoms with van der Waals surface area (Å²) in [6, 6.07) is 22.1. The molecule has 28 heavy (non-hydrogen) atoms. The summed E-state index contributed by atoms with van der Waals surface area (Å²) in [6.45, 7) is 6.32. The molecule has 0 atom stereocenters. The lowest BCUT2D eigenvalue weighted by Gasteiger charge is -2.25. The highest BCUT2D eigenvalue weighted by molar-refractivity contribution is 9.10. The summed E-state index contributed by atoms with van der Waals surface area (Å²) >= 11 is 3.42. The molecule has 3 aromatic rings. The van der Waals surface area contributed by atoms with E-state index >= 15 is 0 Å². The highest BCUT2D eigenvalue weighted by Crippen LogP contribution is 2.17. The fourth-order valence-corrected chi connectivity index (χ4v) is 3.38. The van der Waals surface area contributed by atoms with Crippen LogP contribution in [0, 0.1) is 5.92 Å². The second kappa shape index (κ2) is 9.60. The van der Waals surface area contributed by atoms with E-state index in [-0.39, 0.29) is 6.03 Å². The molecule has 0 aliphatic heterocycles. The Morgan fingerprint density at radius 2 is 1.75 bits per heavy atom. The van der Waals surface area contributed by atoms with Crippen LogP contribution in [0.2, 0.25) is 0 Å². The van der Waals surface area contributed by atoms with E-state index in [4.69, 9.17) is 0 Å². The third-order valence-corrected chi connectivity index (χ3v) is 4.97. The fraction of sp³-hybridized carbons (Fsp3) is 0.261. The van der Waals surface area contributed by atoms with E-state index in [1.54, 1.807) is 0 Å². The molecule has 0 aliphatic rings. The van der Waals surface area contributed by atoms with Gasteiger partial charge in [-0.05, 0) is 47.9 Å². The number of carbonyl (C=O) groups excluding carboxylic acids is 1. The molecule has 146 valence electrons. The van der Waals surface area contributed by atoms with E-state index in [1.807, 2.05) is 41.3 Å². The van der Waals surface area contributed by atoms with Gasteiger partial charge in [0, 0.05) is 35.1 Å². The average molecular weight is 440 g/mol. The van der Waals surface area contributed by atoms with Crippen LogP contribution in [-0.4, -0.2) is 22.0 Å². The van der Waals surface area contributed by atoms with Gasteiger partial charge in [-0.15, -0.1) is 0 Å². The Kier molecular flexibility index (Phi) is 6.93. The van der Waals surface area contributed by atoms with Gasteiger partial charge in [-0.2, -0.15) is 0 Å². The first-order valence-corrected chi connectivity index (χ1v) is 10.3. The van der Waals surface area contributed by atoms with Crippen LogP contribution in [0.4, 0.5) is 10.5 Å². The molecule has 5 heteroatoms. The summed E-state index contributed by atoms with van der Waals surface area (Å²) in [7, 11) is 0. The fourth-order valence-electron chi connectivity index (χ4n) is 3.12. The molecule has 4 nitrogen and oxygen atoms in total. The SMILES string of the molecule is CC(C)CN(Cc1cccn1Cc1ccccc1)C(=O)Nc1ccc(Br)cc1. The molecule has 0 spiro atoms. The van der Waals surface area contributed by atoms with Crippen LogP contribution >= 0.6 is 15.9 Å². The van der Waals surface area contributed by atoms with Gasteiger partial charge in [0.2, 0.25) is 0 Å². The lowest BCUT2D eigenvalue weighted by Crippen LogP contribution is -2.37. The number of urea groups is 1. The molecule has 0 bridgehead atoms. The van der Waals surface area contributed by atoms with Gasteiger partial charge in [-0.1, -0.05) is 60.1 Å². The number of nitrogens with one attached hydrogen (secondary N) is 1. The number of hydrogen-bond acceptors (Lipinski definition) is 1. The van der Waals surface area contributed by atoms with Crippen molar-refractivity contribution in [1.29, 1.82) is 0 Å². The molecule has 3 rings (SSSR count). The molecule has 0 radical (unpaired) electrons. The standard InChI is InChI=1S/C23H26BrN3O/c1-18(2)15-27(23(28)25-21-12-10-20(24)11-13-21)17-22-9-6-14-26(22)16-19-7-4-3-5-8-19/h3-14,18H,15-17H2,1-2H3,(H,25,28). The maximum absolute atomic E-state index is 12.9. The normalized spacial score (nSPS) is 10.9. The minimum absolute atomic E-state index is 0.0801. The first kappa shape index (κ1) is 20.2. The van der Waals surface area contributed by atoms with Crippen LogP contribution in [0.5, 0.6) is 0 Å². The predicted molar refractivity (Wildman–Crippen MR) is 118 cm³/mol. The first-order valence-electron chi connectivity index (χ1n) is 9.50. The molecular weight excluding hydrogens is 414 g/mol.